The molecule has 0 saturated carbocycles. The number of hydrogen-bond donors (Lipinski definition) is 2. The minimum absolute atomic E-state index is 0.0287. The van der Waals surface area contributed by atoms with E-state index < -0.39 is 10.0 Å². The summed E-state index contributed by atoms with van der Waals surface area (Å²) >= 11 is 0. The largest absolute Gasteiger partial charge is 0.495 e. The molecule has 110 valence electrons. The Labute approximate surface area is 119 Å². The quantitative estimate of drug-likeness (QED) is 0.445. The van der Waals surface area contributed by atoms with Crippen molar-refractivity contribution in [2.75, 3.05) is 26.5 Å². The van der Waals surface area contributed by atoms with Crippen LogP contribution in [0.1, 0.15) is 12.8 Å². The van der Waals surface area contributed by atoms with Gasteiger partial charge >= 0.3 is 0 Å². The number of terminal acetylenes is 1. The Bertz CT molecular complexity index is 606. The fourth-order valence-electron chi connectivity index (χ4n) is 1.58. The number of nitrogens with one attached hydrogen (secondary N) is 1. The van der Waals surface area contributed by atoms with Gasteiger partial charge < -0.3 is 15.2 Å². The Balaban J connectivity index is 3.05. The third-order valence-electron chi connectivity index (χ3n) is 2.60. The molecule has 0 heterocycles. The molecule has 0 aliphatic heterocycles. The molecule has 0 spiro atoms. The SMILES string of the molecule is C#CCCCNS(=O)(=O)c1cc(N)c(OC)cc1OC. The van der Waals surface area contributed by atoms with Crippen LogP contribution in [0.5, 0.6) is 11.5 Å². The summed E-state index contributed by atoms with van der Waals surface area (Å²) in [6, 6.07) is 2.74. The van der Waals surface area contributed by atoms with Crippen LogP contribution >= 0.6 is 0 Å². The molecule has 0 saturated heterocycles. The van der Waals surface area contributed by atoms with Gasteiger partial charge in [0.05, 0.1) is 19.9 Å². The molecule has 3 N–H and O–H groups in total. The minimum Gasteiger partial charge on any atom is -0.495 e. The third-order valence-corrected chi connectivity index (χ3v) is 4.08. The third kappa shape index (κ3) is 3.79. The molecule has 0 aliphatic carbocycles. The summed E-state index contributed by atoms with van der Waals surface area (Å²) in [5, 5.41) is 0. The van der Waals surface area contributed by atoms with Crippen LogP contribution in [-0.2, 0) is 10.0 Å². The van der Waals surface area contributed by atoms with Gasteiger partial charge in [-0.1, -0.05) is 0 Å². The number of methoxy groups -OCH3 is 2. The molecule has 0 aliphatic rings. The number of benzene rings is 1. The second kappa shape index (κ2) is 7.03. The van der Waals surface area contributed by atoms with Gasteiger partial charge in [0.1, 0.15) is 16.4 Å². The van der Waals surface area contributed by atoms with E-state index in [1.165, 1.54) is 26.4 Å². The van der Waals surface area contributed by atoms with Gasteiger partial charge in [0.25, 0.3) is 0 Å². The average Bonchev–Trinajstić information content (AvgIpc) is 2.43. The van der Waals surface area contributed by atoms with Gasteiger partial charge in [-0.25, -0.2) is 13.1 Å². The first-order valence-electron chi connectivity index (χ1n) is 5.91. The molecular weight excluding hydrogens is 280 g/mol. The first-order valence-corrected chi connectivity index (χ1v) is 7.39. The van der Waals surface area contributed by atoms with Gasteiger partial charge in [0, 0.05) is 19.0 Å². The monoisotopic (exact) mass is 298 g/mol. The Hall–Kier alpha value is -1.91. The summed E-state index contributed by atoms with van der Waals surface area (Å²) in [4.78, 5) is -0.0287. The molecule has 0 bridgehead atoms. The van der Waals surface area contributed by atoms with Crippen molar-refractivity contribution >= 4 is 15.7 Å². The number of unbranched alkanes of at least 4 members (excludes halogenated alkanes) is 1. The van der Waals surface area contributed by atoms with Crippen LogP contribution in [0, 0.1) is 12.3 Å². The fraction of sp³-hybridized carbons (Fsp3) is 0.385. The second-order valence-electron chi connectivity index (χ2n) is 3.95. The molecule has 6 nitrogen and oxygen atoms in total. The molecule has 1 rings (SSSR count). The standard InChI is InChI=1S/C13H18N2O4S/c1-4-5-6-7-15-20(16,17)13-8-10(14)11(18-2)9-12(13)19-3/h1,8-9,15H,5-7,14H2,2-3H3. The minimum atomic E-state index is -3.71. The molecule has 0 atom stereocenters. The zero-order valence-corrected chi connectivity index (χ0v) is 12.3. The Morgan fingerprint density at radius 1 is 1.30 bits per heavy atom. The predicted molar refractivity (Wildman–Crippen MR) is 77.2 cm³/mol. The van der Waals surface area contributed by atoms with Gasteiger partial charge in [-0.05, 0) is 12.5 Å². The van der Waals surface area contributed by atoms with E-state index >= 15 is 0 Å². The lowest BCUT2D eigenvalue weighted by Gasteiger charge is -2.13. The zero-order chi connectivity index (χ0) is 15.2. The summed E-state index contributed by atoms with van der Waals surface area (Å²) in [6.07, 6.45) is 6.17. The van der Waals surface area contributed by atoms with Crippen LogP contribution in [-0.4, -0.2) is 29.2 Å². The zero-order valence-electron chi connectivity index (χ0n) is 11.5. The molecule has 0 radical (unpaired) electrons. The summed E-state index contributed by atoms with van der Waals surface area (Å²) in [5.41, 5.74) is 5.95. The second-order valence-corrected chi connectivity index (χ2v) is 5.69. The normalized spacial score (nSPS) is 10.8. The lowest BCUT2D eigenvalue weighted by molar-refractivity contribution is 0.387. The van der Waals surface area contributed by atoms with E-state index in [2.05, 4.69) is 10.6 Å². The van der Waals surface area contributed by atoms with Gasteiger partial charge in [0.15, 0.2) is 0 Å². The maximum absolute atomic E-state index is 12.2. The number of anilines is 1. The maximum atomic E-state index is 12.2. The van der Waals surface area contributed by atoms with E-state index in [4.69, 9.17) is 21.6 Å². The summed E-state index contributed by atoms with van der Waals surface area (Å²) in [5.74, 6) is 2.97. The highest BCUT2D eigenvalue weighted by atomic mass is 32.2. The van der Waals surface area contributed by atoms with E-state index in [9.17, 15) is 8.42 Å². The predicted octanol–water partition coefficient (Wildman–Crippen LogP) is 0.978. The van der Waals surface area contributed by atoms with E-state index in [-0.39, 0.29) is 22.9 Å². The Kier molecular flexibility index (Phi) is 5.67. The van der Waals surface area contributed by atoms with Crippen LogP contribution in [0.25, 0.3) is 0 Å². The Morgan fingerprint density at radius 2 is 1.95 bits per heavy atom. The fourth-order valence-corrected chi connectivity index (χ4v) is 2.84. The maximum Gasteiger partial charge on any atom is 0.244 e. The molecule has 7 heteroatoms. The van der Waals surface area contributed by atoms with Crippen molar-refractivity contribution in [2.24, 2.45) is 0 Å². The summed E-state index contributed by atoms with van der Waals surface area (Å²) < 4.78 is 36.9. The van der Waals surface area contributed by atoms with Gasteiger partial charge in [-0.2, -0.15) is 0 Å². The van der Waals surface area contributed by atoms with Crippen molar-refractivity contribution in [3.05, 3.63) is 12.1 Å². The van der Waals surface area contributed by atoms with Crippen LogP contribution in [0.4, 0.5) is 5.69 Å². The molecule has 0 amide bonds. The van der Waals surface area contributed by atoms with Crippen molar-refractivity contribution in [3.8, 4) is 23.8 Å². The van der Waals surface area contributed by atoms with Gasteiger partial charge in [-0.15, -0.1) is 12.3 Å². The number of rotatable bonds is 7. The number of nitrogen functional groups attached to an aromatic ring is 1. The van der Waals surface area contributed by atoms with E-state index in [0.29, 0.717) is 18.6 Å². The van der Waals surface area contributed by atoms with Gasteiger partial charge in [-0.3, -0.25) is 0 Å². The number of hydrogen-bond acceptors (Lipinski definition) is 5. The van der Waals surface area contributed by atoms with Gasteiger partial charge in [0.2, 0.25) is 10.0 Å². The van der Waals surface area contributed by atoms with Crippen molar-refractivity contribution in [3.63, 3.8) is 0 Å². The van der Waals surface area contributed by atoms with Crippen LogP contribution in [0.15, 0.2) is 17.0 Å². The highest BCUT2D eigenvalue weighted by Crippen LogP contribution is 2.33. The van der Waals surface area contributed by atoms with Crippen LogP contribution in [0.3, 0.4) is 0 Å². The van der Waals surface area contributed by atoms with Crippen molar-refractivity contribution in [2.45, 2.75) is 17.7 Å². The number of sulfonamides is 1. The van der Waals surface area contributed by atoms with Crippen LogP contribution < -0.4 is 19.9 Å². The molecule has 20 heavy (non-hydrogen) atoms. The molecule has 1 aromatic rings. The summed E-state index contributed by atoms with van der Waals surface area (Å²) in [7, 11) is -0.891. The lowest BCUT2D eigenvalue weighted by Crippen LogP contribution is -2.25. The first-order chi connectivity index (χ1) is 9.46. The summed E-state index contributed by atoms with van der Waals surface area (Å²) in [6.45, 7) is 0.252. The molecule has 0 fully saturated rings. The van der Waals surface area contributed by atoms with Crippen molar-refractivity contribution in [1.29, 1.82) is 0 Å². The van der Waals surface area contributed by atoms with E-state index in [1.807, 2.05) is 0 Å². The smallest absolute Gasteiger partial charge is 0.244 e. The topological polar surface area (TPSA) is 90.7 Å². The molecular formula is C13H18N2O4S. The Morgan fingerprint density at radius 3 is 2.50 bits per heavy atom. The number of ether oxygens (including phenoxy) is 2. The first kappa shape index (κ1) is 16.1. The highest BCUT2D eigenvalue weighted by molar-refractivity contribution is 7.89. The highest BCUT2D eigenvalue weighted by Gasteiger charge is 2.21. The molecule has 1 aromatic carbocycles. The van der Waals surface area contributed by atoms with Crippen molar-refractivity contribution in [1.82, 2.24) is 4.72 Å². The number of nitrogens with two attached hydrogens (primary N) is 1. The van der Waals surface area contributed by atoms with E-state index in [0.717, 1.165) is 0 Å². The lowest BCUT2D eigenvalue weighted by atomic mass is 10.3. The van der Waals surface area contributed by atoms with Crippen LogP contribution in [0.2, 0.25) is 0 Å². The average molecular weight is 298 g/mol. The van der Waals surface area contributed by atoms with E-state index in [1.54, 1.807) is 0 Å². The molecule has 0 aromatic heterocycles. The molecule has 0 unspecified atom stereocenters. The van der Waals surface area contributed by atoms with Crippen molar-refractivity contribution < 1.29 is 17.9 Å².